The Kier molecular flexibility index (Phi) is 6.58. The molecule has 0 heterocycles. The van der Waals surface area contributed by atoms with Gasteiger partial charge in [0.2, 0.25) is 0 Å². The Bertz CT molecular complexity index is 659. The molecule has 0 aromatic heterocycles. The predicted octanol–water partition coefficient (Wildman–Crippen LogP) is 5.08. The molecular weight excluding hydrogens is 333 g/mol. The van der Waals surface area contributed by atoms with Gasteiger partial charge in [0.25, 0.3) is 0 Å². The summed E-state index contributed by atoms with van der Waals surface area (Å²) in [6.07, 6.45) is 0.0485. The molecule has 0 saturated heterocycles. The molecule has 0 bridgehead atoms. The molecule has 2 aromatic rings. The minimum absolute atomic E-state index is 0.0485. The first-order valence-corrected chi connectivity index (χ1v) is 8.24. The van der Waals surface area contributed by atoms with E-state index in [1.807, 2.05) is 44.2 Å². The van der Waals surface area contributed by atoms with Crippen LogP contribution < -0.4 is 14.8 Å². The summed E-state index contributed by atoms with van der Waals surface area (Å²) in [4.78, 5) is 0. The lowest BCUT2D eigenvalue weighted by Crippen LogP contribution is -2.16. The van der Waals surface area contributed by atoms with Crippen LogP contribution in [-0.4, -0.2) is 13.2 Å². The molecule has 2 aromatic carbocycles. The number of hydrogen-bond donors (Lipinski definition) is 1. The van der Waals surface area contributed by atoms with Crippen LogP contribution in [0.15, 0.2) is 36.4 Å². The fraction of sp³-hybridized carbons (Fsp3) is 0.333. The first kappa shape index (κ1) is 17.9. The normalized spacial score (nSPS) is 10.9. The Balaban J connectivity index is 2.15. The van der Waals surface area contributed by atoms with Crippen molar-refractivity contribution in [2.24, 2.45) is 0 Å². The average molecular weight is 354 g/mol. The number of hydrogen-bond acceptors (Lipinski definition) is 3. The Hall–Kier alpha value is -1.42. The zero-order chi connectivity index (χ0) is 16.8. The SMILES string of the molecule is COc1cc(Cl)cc(CNCc2ccccc2Cl)c1OC(C)C. The van der Waals surface area contributed by atoms with E-state index in [4.69, 9.17) is 32.7 Å². The van der Waals surface area contributed by atoms with Gasteiger partial charge in [-0.05, 0) is 31.5 Å². The minimum atomic E-state index is 0.0485. The zero-order valence-corrected chi connectivity index (χ0v) is 15.0. The summed E-state index contributed by atoms with van der Waals surface area (Å²) >= 11 is 12.3. The van der Waals surface area contributed by atoms with Crippen molar-refractivity contribution in [2.45, 2.75) is 33.0 Å². The maximum Gasteiger partial charge on any atom is 0.166 e. The van der Waals surface area contributed by atoms with Crippen molar-refractivity contribution in [3.8, 4) is 11.5 Å². The number of rotatable bonds is 7. The molecule has 3 nitrogen and oxygen atoms in total. The Labute approximate surface area is 147 Å². The molecule has 0 unspecified atom stereocenters. The Morgan fingerprint density at radius 1 is 1.04 bits per heavy atom. The van der Waals surface area contributed by atoms with Gasteiger partial charge < -0.3 is 14.8 Å². The summed E-state index contributed by atoms with van der Waals surface area (Å²) in [5.41, 5.74) is 2.00. The second-order valence-electron chi connectivity index (χ2n) is 5.46. The molecular formula is C18H21Cl2NO2. The molecule has 124 valence electrons. The van der Waals surface area contributed by atoms with E-state index in [1.165, 1.54) is 0 Å². The molecule has 0 aliphatic rings. The highest BCUT2D eigenvalue weighted by molar-refractivity contribution is 6.31. The van der Waals surface area contributed by atoms with Crippen LogP contribution in [0.25, 0.3) is 0 Å². The predicted molar refractivity (Wildman–Crippen MR) is 95.8 cm³/mol. The van der Waals surface area contributed by atoms with Crippen molar-refractivity contribution in [1.82, 2.24) is 5.32 Å². The topological polar surface area (TPSA) is 30.5 Å². The van der Waals surface area contributed by atoms with Gasteiger partial charge in [-0.1, -0.05) is 41.4 Å². The highest BCUT2D eigenvalue weighted by Gasteiger charge is 2.14. The summed E-state index contributed by atoms with van der Waals surface area (Å²) in [5.74, 6) is 1.36. The highest BCUT2D eigenvalue weighted by atomic mass is 35.5. The van der Waals surface area contributed by atoms with Crippen LogP contribution in [0.2, 0.25) is 10.0 Å². The van der Waals surface area contributed by atoms with Gasteiger partial charge in [0, 0.05) is 34.8 Å². The third-order valence-electron chi connectivity index (χ3n) is 3.26. The quantitative estimate of drug-likeness (QED) is 0.752. The molecule has 0 aliphatic heterocycles. The molecule has 23 heavy (non-hydrogen) atoms. The maximum atomic E-state index is 6.17. The first-order valence-electron chi connectivity index (χ1n) is 7.48. The van der Waals surface area contributed by atoms with E-state index in [9.17, 15) is 0 Å². The third kappa shape index (κ3) is 5.03. The maximum absolute atomic E-state index is 6.17. The van der Waals surface area contributed by atoms with Crippen molar-refractivity contribution in [1.29, 1.82) is 0 Å². The number of benzene rings is 2. The van der Waals surface area contributed by atoms with E-state index in [0.29, 0.717) is 23.9 Å². The minimum Gasteiger partial charge on any atom is -0.493 e. The van der Waals surface area contributed by atoms with Crippen LogP contribution in [0.3, 0.4) is 0 Å². The van der Waals surface area contributed by atoms with Crippen molar-refractivity contribution < 1.29 is 9.47 Å². The molecule has 1 N–H and O–H groups in total. The molecule has 0 saturated carbocycles. The molecule has 0 spiro atoms. The molecule has 0 amide bonds. The Morgan fingerprint density at radius 2 is 1.74 bits per heavy atom. The average Bonchev–Trinajstić information content (AvgIpc) is 2.51. The summed E-state index contributed by atoms with van der Waals surface area (Å²) < 4.78 is 11.3. The van der Waals surface area contributed by atoms with Gasteiger partial charge in [-0.15, -0.1) is 0 Å². The molecule has 2 rings (SSSR count). The number of halogens is 2. The lowest BCUT2D eigenvalue weighted by Gasteiger charge is -2.18. The van der Waals surface area contributed by atoms with Gasteiger partial charge in [0.15, 0.2) is 11.5 Å². The number of ether oxygens (including phenoxy) is 2. The van der Waals surface area contributed by atoms with Gasteiger partial charge >= 0.3 is 0 Å². The first-order chi connectivity index (χ1) is 11.0. The van der Waals surface area contributed by atoms with E-state index in [-0.39, 0.29) is 6.10 Å². The number of nitrogens with one attached hydrogen (secondary N) is 1. The van der Waals surface area contributed by atoms with E-state index in [0.717, 1.165) is 21.9 Å². The molecule has 0 fully saturated rings. The summed E-state index contributed by atoms with van der Waals surface area (Å²) in [5, 5.41) is 4.74. The lowest BCUT2D eigenvalue weighted by molar-refractivity contribution is 0.227. The van der Waals surface area contributed by atoms with Crippen LogP contribution >= 0.6 is 23.2 Å². The molecule has 5 heteroatoms. The molecule has 0 atom stereocenters. The standard InChI is InChI=1S/C18H21Cl2NO2/c1-12(2)23-18-14(8-15(19)9-17(18)22-3)11-21-10-13-6-4-5-7-16(13)20/h4-9,12,21H,10-11H2,1-3H3. The van der Waals surface area contributed by atoms with E-state index in [2.05, 4.69) is 5.32 Å². The van der Waals surface area contributed by atoms with Crippen LogP contribution in [0.4, 0.5) is 0 Å². The summed E-state index contributed by atoms with van der Waals surface area (Å²) in [6, 6.07) is 11.4. The van der Waals surface area contributed by atoms with Gasteiger partial charge in [0.05, 0.1) is 13.2 Å². The fourth-order valence-corrected chi connectivity index (χ4v) is 2.68. The number of methoxy groups -OCH3 is 1. The second kappa shape index (κ2) is 8.44. The smallest absolute Gasteiger partial charge is 0.166 e. The van der Waals surface area contributed by atoms with Crippen molar-refractivity contribution in [3.63, 3.8) is 0 Å². The van der Waals surface area contributed by atoms with Crippen LogP contribution in [-0.2, 0) is 13.1 Å². The summed E-state index contributed by atoms with van der Waals surface area (Å²) in [7, 11) is 1.61. The van der Waals surface area contributed by atoms with Crippen LogP contribution in [0, 0.1) is 0 Å². The van der Waals surface area contributed by atoms with E-state index in [1.54, 1.807) is 13.2 Å². The monoisotopic (exact) mass is 353 g/mol. The fourth-order valence-electron chi connectivity index (χ4n) is 2.25. The van der Waals surface area contributed by atoms with Crippen molar-refractivity contribution in [3.05, 3.63) is 57.6 Å². The van der Waals surface area contributed by atoms with E-state index < -0.39 is 0 Å². The molecule has 0 aliphatic carbocycles. The largest absolute Gasteiger partial charge is 0.493 e. The van der Waals surface area contributed by atoms with Crippen LogP contribution in [0.5, 0.6) is 11.5 Å². The van der Waals surface area contributed by atoms with Gasteiger partial charge in [0.1, 0.15) is 0 Å². The highest BCUT2D eigenvalue weighted by Crippen LogP contribution is 2.35. The third-order valence-corrected chi connectivity index (χ3v) is 3.85. The summed E-state index contributed by atoms with van der Waals surface area (Å²) in [6.45, 7) is 5.23. The van der Waals surface area contributed by atoms with Gasteiger partial charge in [-0.25, -0.2) is 0 Å². The van der Waals surface area contributed by atoms with Crippen molar-refractivity contribution >= 4 is 23.2 Å². The lowest BCUT2D eigenvalue weighted by atomic mass is 10.1. The van der Waals surface area contributed by atoms with Gasteiger partial charge in [-0.3, -0.25) is 0 Å². The van der Waals surface area contributed by atoms with E-state index >= 15 is 0 Å². The second-order valence-corrected chi connectivity index (χ2v) is 6.30. The zero-order valence-electron chi connectivity index (χ0n) is 13.5. The van der Waals surface area contributed by atoms with Crippen molar-refractivity contribution in [2.75, 3.05) is 7.11 Å². The van der Waals surface area contributed by atoms with Gasteiger partial charge in [-0.2, -0.15) is 0 Å². The molecule has 0 radical (unpaired) electrons. The van der Waals surface area contributed by atoms with Crippen LogP contribution in [0.1, 0.15) is 25.0 Å². The Morgan fingerprint density at radius 3 is 2.39 bits per heavy atom.